The molecule has 0 aromatic carbocycles. The van der Waals surface area contributed by atoms with E-state index in [1.54, 1.807) is 11.3 Å². The van der Waals surface area contributed by atoms with Crippen LogP contribution in [0.15, 0.2) is 17.8 Å². The van der Waals surface area contributed by atoms with Crippen LogP contribution in [0.5, 0.6) is 0 Å². The van der Waals surface area contributed by atoms with Gasteiger partial charge in [0.1, 0.15) is 5.82 Å². The lowest BCUT2D eigenvalue weighted by atomic mass is 10.1. The number of ether oxygens (including phenoxy) is 1. The summed E-state index contributed by atoms with van der Waals surface area (Å²) >= 11 is 1.73. The van der Waals surface area contributed by atoms with Crippen LogP contribution in [0.3, 0.4) is 0 Å². The number of nitrogens with zero attached hydrogens (tertiary/aromatic N) is 5. The molecule has 1 fully saturated rings. The van der Waals surface area contributed by atoms with Gasteiger partial charge in [0.25, 0.3) is 0 Å². The van der Waals surface area contributed by atoms with Crippen molar-refractivity contribution in [1.29, 1.82) is 0 Å². The molecule has 2 aromatic heterocycles. The summed E-state index contributed by atoms with van der Waals surface area (Å²) in [5.41, 5.74) is 1.18. The van der Waals surface area contributed by atoms with Gasteiger partial charge in [-0.1, -0.05) is 0 Å². The van der Waals surface area contributed by atoms with Crippen LogP contribution < -0.4 is 0 Å². The third-order valence-electron chi connectivity index (χ3n) is 4.81. The zero-order valence-corrected chi connectivity index (χ0v) is 15.0. The normalized spacial score (nSPS) is 23.1. The van der Waals surface area contributed by atoms with Gasteiger partial charge < -0.3 is 9.30 Å². The van der Waals surface area contributed by atoms with Crippen LogP contribution in [0.1, 0.15) is 16.5 Å². The Morgan fingerprint density at radius 2 is 2.12 bits per heavy atom. The van der Waals surface area contributed by atoms with Crippen molar-refractivity contribution in [3.63, 3.8) is 0 Å². The predicted octanol–water partition coefficient (Wildman–Crippen LogP) is 1.61. The molecule has 0 radical (unpaired) electrons. The molecule has 1 unspecified atom stereocenters. The van der Waals surface area contributed by atoms with Gasteiger partial charge in [-0.2, -0.15) is 0 Å². The number of aromatic nitrogens is 3. The number of thiazole rings is 1. The summed E-state index contributed by atoms with van der Waals surface area (Å²) < 4.78 is 7.82. The smallest absolute Gasteiger partial charge is 0.122 e. The number of aryl methyl sites for hydroxylation is 1. The molecular weight excluding hydrogens is 322 g/mol. The highest BCUT2D eigenvalue weighted by atomic mass is 32.1. The number of imidazole rings is 1. The molecule has 4 rings (SSSR count). The van der Waals surface area contributed by atoms with Gasteiger partial charge in [-0.3, -0.25) is 9.80 Å². The SMILES string of the molecule is Cc1nc(CN2Cc3nccn3CC(CN3CCOCC3)C2)cs1. The van der Waals surface area contributed by atoms with Gasteiger partial charge in [0.05, 0.1) is 30.5 Å². The third kappa shape index (κ3) is 3.85. The molecule has 1 saturated heterocycles. The monoisotopic (exact) mass is 347 g/mol. The van der Waals surface area contributed by atoms with Gasteiger partial charge >= 0.3 is 0 Å². The van der Waals surface area contributed by atoms with Crippen molar-refractivity contribution < 1.29 is 4.74 Å². The second-order valence-corrected chi connectivity index (χ2v) is 7.86. The molecule has 2 aliphatic heterocycles. The molecule has 7 heteroatoms. The Balaban J connectivity index is 1.47. The number of fused-ring (bicyclic) bond motifs is 1. The molecule has 0 bridgehead atoms. The summed E-state index contributed by atoms with van der Waals surface area (Å²) in [5.74, 6) is 1.78. The molecule has 2 aliphatic rings. The molecule has 2 aromatic rings. The van der Waals surface area contributed by atoms with Crippen molar-refractivity contribution in [2.75, 3.05) is 39.4 Å². The van der Waals surface area contributed by atoms with Crippen LogP contribution in [0, 0.1) is 12.8 Å². The lowest BCUT2D eigenvalue weighted by molar-refractivity contribution is 0.0265. The van der Waals surface area contributed by atoms with Gasteiger partial charge in [0.2, 0.25) is 0 Å². The summed E-state index contributed by atoms with van der Waals surface area (Å²) in [4.78, 5) is 14.3. The molecule has 0 N–H and O–H groups in total. The maximum absolute atomic E-state index is 5.49. The quantitative estimate of drug-likeness (QED) is 0.841. The highest BCUT2D eigenvalue weighted by Gasteiger charge is 2.25. The number of morpholine rings is 1. The fourth-order valence-electron chi connectivity index (χ4n) is 3.72. The number of hydrogen-bond donors (Lipinski definition) is 0. The summed E-state index contributed by atoms with van der Waals surface area (Å²) in [6.07, 6.45) is 4.05. The first-order valence-corrected chi connectivity index (χ1v) is 9.58. The van der Waals surface area contributed by atoms with Crippen LogP contribution in [-0.4, -0.2) is 63.7 Å². The minimum Gasteiger partial charge on any atom is -0.379 e. The van der Waals surface area contributed by atoms with E-state index in [0.29, 0.717) is 5.92 Å². The second kappa shape index (κ2) is 7.31. The van der Waals surface area contributed by atoms with Gasteiger partial charge in [0, 0.05) is 63.0 Å². The van der Waals surface area contributed by atoms with Crippen LogP contribution in [-0.2, 0) is 24.4 Å². The Hall–Kier alpha value is -1.28. The maximum Gasteiger partial charge on any atom is 0.122 e. The van der Waals surface area contributed by atoms with Crippen molar-refractivity contribution in [3.05, 3.63) is 34.3 Å². The van der Waals surface area contributed by atoms with Gasteiger partial charge in [0.15, 0.2) is 0 Å². The van der Waals surface area contributed by atoms with E-state index in [-0.39, 0.29) is 0 Å². The Morgan fingerprint density at radius 1 is 1.25 bits per heavy atom. The topological polar surface area (TPSA) is 46.4 Å². The van der Waals surface area contributed by atoms with E-state index >= 15 is 0 Å². The number of hydrogen-bond acceptors (Lipinski definition) is 6. The average Bonchev–Trinajstić information content (AvgIpc) is 3.14. The lowest BCUT2D eigenvalue weighted by Gasteiger charge is -2.31. The maximum atomic E-state index is 5.49. The first-order chi connectivity index (χ1) is 11.8. The van der Waals surface area contributed by atoms with Crippen LogP contribution >= 0.6 is 11.3 Å². The summed E-state index contributed by atoms with van der Waals surface area (Å²) in [6, 6.07) is 0. The fourth-order valence-corrected chi connectivity index (χ4v) is 4.32. The van der Waals surface area contributed by atoms with Crippen molar-refractivity contribution in [3.8, 4) is 0 Å². The highest BCUT2D eigenvalue weighted by molar-refractivity contribution is 7.09. The minimum absolute atomic E-state index is 0.610. The van der Waals surface area contributed by atoms with E-state index in [1.165, 1.54) is 11.5 Å². The fraction of sp³-hybridized carbons (Fsp3) is 0.647. The lowest BCUT2D eigenvalue weighted by Crippen LogP contribution is -2.42. The van der Waals surface area contributed by atoms with Crippen LogP contribution in [0.25, 0.3) is 0 Å². The molecule has 0 amide bonds. The van der Waals surface area contributed by atoms with Crippen molar-refractivity contribution >= 4 is 11.3 Å². The Labute approximate surface area is 147 Å². The van der Waals surface area contributed by atoms with E-state index in [0.717, 1.165) is 64.0 Å². The Kier molecular flexibility index (Phi) is 4.93. The molecule has 4 heterocycles. The highest BCUT2D eigenvalue weighted by Crippen LogP contribution is 2.20. The summed E-state index contributed by atoms with van der Waals surface area (Å²) in [5, 5.41) is 3.33. The third-order valence-corrected chi connectivity index (χ3v) is 5.63. The van der Waals surface area contributed by atoms with Crippen molar-refractivity contribution in [2.24, 2.45) is 5.92 Å². The summed E-state index contributed by atoms with van der Waals surface area (Å²) in [6.45, 7) is 11.0. The molecule has 1 atom stereocenters. The molecule has 0 aliphatic carbocycles. The van der Waals surface area contributed by atoms with Crippen LogP contribution in [0.2, 0.25) is 0 Å². The molecule has 0 spiro atoms. The standard InChI is InChI=1S/C17H25N5OS/c1-14-19-16(13-24-14)11-21-9-15(8-20-4-6-23-7-5-20)10-22-3-2-18-17(22)12-21/h2-3,13,15H,4-12H2,1H3. The van der Waals surface area contributed by atoms with E-state index in [4.69, 9.17) is 4.74 Å². The van der Waals surface area contributed by atoms with Crippen molar-refractivity contribution in [2.45, 2.75) is 26.6 Å². The molecular formula is C17H25N5OS. The van der Waals surface area contributed by atoms with Crippen LogP contribution in [0.4, 0.5) is 0 Å². The molecule has 24 heavy (non-hydrogen) atoms. The van der Waals surface area contributed by atoms with E-state index in [1.807, 2.05) is 6.20 Å². The number of rotatable bonds is 4. The average molecular weight is 347 g/mol. The molecule has 6 nitrogen and oxygen atoms in total. The van der Waals surface area contributed by atoms with E-state index < -0.39 is 0 Å². The molecule has 130 valence electrons. The van der Waals surface area contributed by atoms with E-state index in [9.17, 15) is 0 Å². The minimum atomic E-state index is 0.610. The zero-order chi connectivity index (χ0) is 16.4. The predicted molar refractivity (Wildman–Crippen MR) is 93.9 cm³/mol. The van der Waals surface area contributed by atoms with Crippen molar-refractivity contribution in [1.82, 2.24) is 24.3 Å². The zero-order valence-electron chi connectivity index (χ0n) is 14.2. The largest absolute Gasteiger partial charge is 0.379 e. The van der Waals surface area contributed by atoms with Gasteiger partial charge in [-0.15, -0.1) is 11.3 Å². The Morgan fingerprint density at radius 3 is 2.92 bits per heavy atom. The first kappa shape index (κ1) is 16.2. The molecule has 0 saturated carbocycles. The Bertz CT molecular complexity index is 663. The second-order valence-electron chi connectivity index (χ2n) is 6.80. The summed E-state index contributed by atoms with van der Waals surface area (Å²) in [7, 11) is 0. The van der Waals surface area contributed by atoms with Gasteiger partial charge in [-0.05, 0) is 6.92 Å². The van der Waals surface area contributed by atoms with Gasteiger partial charge in [-0.25, -0.2) is 9.97 Å². The van der Waals surface area contributed by atoms with E-state index in [2.05, 4.69) is 42.8 Å². The first-order valence-electron chi connectivity index (χ1n) is 8.70.